The number of rotatable bonds is 7. The van der Waals surface area contributed by atoms with Crippen LogP contribution in [-0.2, 0) is 12.1 Å². The van der Waals surface area contributed by atoms with Gasteiger partial charge in [-0.1, -0.05) is 12.1 Å². The van der Waals surface area contributed by atoms with Gasteiger partial charge in [-0.05, 0) is 51.5 Å². The van der Waals surface area contributed by atoms with Crippen molar-refractivity contribution < 1.29 is 14.3 Å². The van der Waals surface area contributed by atoms with Gasteiger partial charge in [0.1, 0.15) is 17.1 Å². The molecule has 0 aliphatic heterocycles. The molecule has 0 aliphatic carbocycles. The third kappa shape index (κ3) is 6.09. The Morgan fingerprint density at radius 3 is 2.38 bits per heavy atom. The zero-order chi connectivity index (χ0) is 21.6. The van der Waals surface area contributed by atoms with Crippen LogP contribution >= 0.6 is 0 Å². The van der Waals surface area contributed by atoms with Gasteiger partial charge in [0.25, 0.3) is 5.91 Å². The predicted octanol–water partition coefficient (Wildman–Crippen LogP) is 2.56. The molecule has 0 bridgehead atoms. The van der Waals surface area contributed by atoms with Crippen LogP contribution in [0.4, 0.5) is 0 Å². The minimum Gasteiger partial charge on any atom is -0.466 e. The van der Waals surface area contributed by atoms with Gasteiger partial charge in [-0.2, -0.15) is 0 Å². The lowest BCUT2D eigenvalue weighted by Crippen LogP contribution is -2.44. The zero-order valence-corrected chi connectivity index (χ0v) is 18.2. The highest BCUT2D eigenvalue weighted by molar-refractivity contribution is 5.93. The monoisotopic (exact) mass is 400 g/mol. The quantitative estimate of drug-likeness (QED) is 0.491. The number of amides is 1. The summed E-state index contributed by atoms with van der Waals surface area (Å²) >= 11 is 0. The lowest BCUT2D eigenvalue weighted by molar-refractivity contribution is 0.0601. The average molecular weight is 401 g/mol. The van der Waals surface area contributed by atoms with Crippen LogP contribution in [0.3, 0.4) is 0 Å². The van der Waals surface area contributed by atoms with Crippen molar-refractivity contribution in [2.75, 3.05) is 27.2 Å². The number of hydrogen-bond donors (Lipinski definition) is 3. The van der Waals surface area contributed by atoms with Gasteiger partial charge in [0.05, 0.1) is 13.1 Å². The highest BCUT2D eigenvalue weighted by atomic mass is 16.3. The van der Waals surface area contributed by atoms with Crippen LogP contribution in [0.5, 0.6) is 0 Å². The fourth-order valence-corrected chi connectivity index (χ4v) is 3.04. The average Bonchev–Trinajstić information content (AvgIpc) is 3.03. The van der Waals surface area contributed by atoms with Gasteiger partial charge in [-0.25, -0.2) is 4.99 Å². The molecule has 0 radical (unpaired) electrons. The summed E-state index contributed by atoms with van der Waals surface area (Å²) in [6.07, 6.45) is 0. The molecule has 7 nitrogen and oxygen atoms in total. The number of aryl methyl sites for hydroxylation is 2. The smallest absolute Gasteiger partial charge is 0.253 e. The van der Waals surface area contributed by atoms with Gasteiger partial charge in [0.2, 0.25) is 0 Å². The maximum atomic E-state index is 12.0. The molecule has 158 valence electrons. The molecule has 0 fully saturated rings. The Morgan fingerprint density at radius 1 is 1.21 bits per heavy atom. The summed E-state index contributed by atoms with van der Waals surface area (Å²) in [4.78, 5) is 18.1. The lowest BCUT2D eigenvalue weighted by Gasteiger charge is -2.24. The Morgan fingerprint density at radius 2 is 1.86 bits per heavy atom. The SMILES string of the molecule is CCNC(=NCc1ccc(C(=O)N(C)C)cc1)NCC(C)(O)c1cc(C)oc1C. The Bertz CT molecular complexity index is 851. The number of aliphatic imine (C=N–C) groups is 1. The first-order valence-corrected chi connectivity index (χ1v) is 9.76. The van der Waals surface area contributed by atoms with E-state index in [0.717, 1.165) is 16.9 Å². The van der Waals surface area contributed by atoms with E-state index in [1.807, 2.05) is 51.1 Å². The van der Waals surface area contributed by atoms with Crippen molar-refractivity contribution in [3.8, 4) is 0 Å². The van der Waals surface area contributed by atoms with Crippen molar-refractivity contribution in [2.45, 2.75) is 39.8 Å². The Balaban J connectivity index is 2.04. The van der Waals surface area contributed by atoms with E-state index in [0.29, 0.717) is 30.4 Å². The van der Waals surface area contributed by atoms with Crippen LogP contribution in [-0.4, -0.2) is 49.1 Å². The van der Waals surface area contributed by atoms with E-state index in [1.54, 1.807) is 25.9 Å². The molecule has 0 saturated heterocycles. The molecular formula is C22H32N4O3. The predicted molar refractivity (Wildman–Crippen MR) is 115 cm³/mol. The van der Waals surface area contributed by atoms with Crippen molar-refractivity contribution in [1.29, 1.82) is 0 Å². The number of nitrogens with zero attached hydrogens (tertiary/aromatic N) is 2. The molecule has 1 atom stereocenters. The summed E-state index contributed by atoms with van der Waals surface area (Å²) in [5.74, 6) is 2.07. The standard InChI is InChI=1S/C22H32N4O3/c1-7-23-21(25-14-22(4,28)19-12-15(2)29-16(19)3)24-13-17-8-10-18(11-9-17)20(27)26(5)6/h8-12,28H,7,13-14H2,1-6H3,(H2,23,24,25). The summed E-state index contributed by atoms with van der Waals surface area (Å²) in [5.41, 5.74) is 1.31. The van der Waals surface area contributed by atoms with E-state index in [9.17, 15) is 9.90 Å². The lowest BCUT2D eigenvalue weighted by atomic mass is 9.96. The molecule has 0 aliphatic rings. The van der Waals surface area contributed by atoms with Crippen molar-refractivity contribution in [1.82, 2.24) is 15.5 Å². The fraction of sp³-hybridized carbons (Fsp3) is 0.455. The van der Waals surface area contributed by atoms with E-state index >= 15 is 0 Å². The summed E-state index contributed by atoms with van der Waals surface area (Å²) in [7, 11) is 3.46. The number of furan rings is 1. The van der Waals surface area contributed by atoms with Crippen LogP contribution in [0.15, 0.2) is 39.7 Å². The molecule has 1 aromatic carbocycles. The van der Waals surface area contributed by atoms with Crippen LogP contribution in [0.25, 0.3) is 0 Å². The van der Waals surface area contributed by atoms with Crippen molar-refractivity contribution in [3.05, 3.63) is 58.5 Å². The number of guanidine groups is 1. The van der Waals surface area contributed by atoms with Gasteiger partial charge in [-0.3, -0.25) is 4.79 Å². The second-order valence-corrected chi connectivity index (χ2v) is 7.55. The molecular weight excluding hydrogens is 368 g/mol. The van der Waals surface area contributed by atoms with Crippen molar-refractivity contribution in [3.63, 3.8) is 0 Å². The van der Waals surface area contributed by atoms with Gasteiger partial charge < -0.3 is 25.1 Å². The van der Waals surface area contributed by atoms with E-state index in [2.05, 4.69) is 15.6 Å². The first-order valence-electron chi connectivity index (χ1n) is 9.76. The van der Waals surface area contributed by atoms with E-state index in [1.165, 1.54) is 0 Å². The maximum absolute atomic E-state index is 12.0. The summed E-state index contributed by atoms with van der Waals surface area (Å²) in [6, 6.07) is 9.28. The minimum absolute atomic E-state index is 0.0259. The van der Waals surface area contributed by atoms with Gasteiger partial charge in [-0.15, -0.1) is 0 Å². The van der Waals surface area contributed by atoms with E-state index in [4.69, 9.17) is 4.42 Å². The molecule has 3 N–H and O–H groups in total. The number of carbonyl (C=O) groups is 1. The molecule has 29 heavy (non-hydrogen) atoms. The van der Waals surface area contributed by atoms with Gasteiger partial charge in [0, 0.05) is 31.8 Å². The number of nitrogens with one attached hydrogen (secondary N) is 2. The van der Waals surface area contributed by atoms with Crippen molar-refractivity contribution >= 4 is 11.9 Å². The number of aliphatic hydroxyl groups is 1. The van der Waals surface area contributed by atoms with Crippen LogP contribution in [0.2, 0.25) is 0 Å². The molecule has 2 rings (SSSR count). The molecule has 2 aromatic rings. The summed E-state index contributed by atoms with van der Waals surface area (Å²) < 4.78 is 5.54. The molecule has 1 heterocycles. The van der Waals surface area contributed by atoms with Crippen LogP contribution in [0.1, 0.15) is 46.9 Å². The van der Waals surface area contributed by atoms with E-state index in [-0.39, 0.29) is 12.5 Å². The first kappa shape index (κ1) is 22.5. The Kier molecular flexibility index (Phi) is 7.45. The fourth-order valence-electron chi connectivity index (χ4n) is 3.04. The number of hydrogen-bond acceptors (Lipinski definition) is 4. The normalized spacial score (nSPS) is 13.7. The van der Waals surface area contributed by atoms with E-state index < -0.39 is 5.60 Å². The third-order valence-corrected chi connectivity index (χ3v) is 4.59. The molecule has 0 saturated carbocycles. The van der Waals surface area contributed by atoms with Gasteiger partial charge >= 0.3 is 0 Å². The topological polar surface area (TPSA) is 90.1 Å². The molecule has 0 spiro atoms. The second-order valence-electron chi connectivity index (χ2n) is 7.55. The molecule has 1 unspecified atom stereocenters. The maximum Gasteiger partial charge on any atom is 0.253 e. The Hall–Kier alpha value is -2.80. The number of benzene rings is 1. The van der Waals surface area contributed by atoms with Gasteiger partial charge in [0.15, 0.2) is 5.96 Å². The molecule has 1 amide bonds. The molecule has 1 aromatic heterocycles. The van der Waals surface area contributed by atoms with Crippen molar-refractivity contribution in [2.24, 2.45) is 4.99 Å². The highest BCUT2D eigenvalue weighted by Gasteiger charge is 2.27. The second kappa shape index (κ2) is 9.60. The summed E-state index contributed by atoms with van der Waals surface area (Å²) in [6.45, 7) is 8.90. The van der Waals surface area contributed by atoms with Crippen LogP contribution in [0, 0.1) is 13.8 Å². The minimum atomic E-state index is -1.09. The first-order chi connectivity index (χ1) is 13.6. The highest BCUT2D eigenvalue weighted by Crippen LogP contribution is 2.26. The van der Waals surface area contributed by atoms with Crippen LogP contribution < -0.4 is 10.6 Å². The molecule has 7 heteroatoms. The zero-order valence-electron chi connectivity index (χ0n) is 18.2. The third-order valence-electron chi connectivity index (χ3n) is 4.59. The summed E-state index contributed by atoms with van der Waals surface area (Å²) in [5, 5.41) is 17.3. The largest absolute Gasteiger partial charge is 0.466 e. The Labute approximate surface area is 172 Å². The number of carbonyl (C=O) groups excluding carboxylic acids is 1.